The number of pyridine rings is 1. The molecule has 3 fully saturated rings. The average Bonchev–Trinajstić information content (AvgIpc) is 3.19. The zero-order valence-corrected chi connectivity index (χ0v) is 16.2. The minimum Gasteiger partial charge on any atom is -0.393 e. The molecule has 1 unspecified atom stereocenters. The van der Waals surface area contributed by atoms with Crippen LogP contribution in [-0.4, -0.2) is 63.6 Å². The SMILES string of the molecule is CC(=O)N1C[C@H]2C[C@@H](C1)[C@H](C(=O)N1C[C@H]3CC(O)C[C@H]3C1)n1c2cccc1=O. The summed E-state index contributed by atoms with van der Waals surface area (Å²) in [6.45, 7) is 4.05. The van der Waals surface area contributed by atoms with E-state index >= 15 is 0 Å². The predicted octanol–water partition coefficient (Wildman–Crippen LogP) is 0.584. The fourth-order valence-electron chi connectivity index (χ4n) is 6.14. The minimum atomic E-state index is -0.536. The molecule has 1 saturated carbocycles. The molecule has 0 spiro atoms. The summed E-state index contributed by atoms with van der Waals surface area (Å²) in [6.07, 6.45) is 2.12. The Balaban J connectivity index is 1.49. The van der Waals surface area contributed by atoms with Gasteiger partial charge in [-0.15, -0.1) is 0 Å². The summed E-state index contributed by atoms with van der Waals surface area (Å²) in [7, 11) is 0. The van der Waals surface area contributed by atoms with E-state index in [4.69, 9.17) is 0 Å². The maximum Gasteiger partial charge on any atom is 0.251 e. The second-order valence-corrected chi connectivity index (χ2v) is 9.11. The van der Waals surface area contributed by atoms with Gasteiger partial charge in [-0.1, -0.05) is 6.07 Å². The van der Waals surface area contributed by atoms with Crippen LogP contribution < -0.4 is 5.56 Å². The van der Waals surface area contributed by atoms with E-state index in [1.165, 1.54) is 6.07 Å². The van der Waals surface area contributed by atoms with Crippen LogP contribution in [0.15, 0.2) is 23.0 Å². The number of aromatic nitrogens is 1. The number of carbonyl (C=O) groups is 2. The van der Waals surface area contributed by atoms with Gasteiger partial charge in [0.2, 0.25) is 11.8 Å². The molecule has 3 aliphatic heterocycles. The van der Waals surface area contributed by atoms with Gasteiger partial charge in [-0.05, 0) is 37.2 Å². The summed E-state index contributed by atoms with van der Waals surface area (Å²) in [5, 5.41) is 9.89. The van der Waals surface area contributed by atoms with Gasteiger partial charge in [-0.25, -0.2) is 0 Å². The summed E-state index contributed by atoms with van der Waals surface area (Å²) >= 11 is 0. The molecular formula is C21H27N3O4. The number of nitrogens with zero attached hydrogens (tertiary/aromatic N) is 3. The topological polar surface area (TPSA) is 82.8 Å². The van der Waals surface area contributed by atoms with E-state index in [9.17, 15) is 19.5 Å². The number of carbonyl (C=O) groups excluding carboxylic acids is 2. The largest absolute Gasteiger partial charge is 0.393 e. The molecule has 5 rings (SSSR count). The van der Waals surface area contributed by atoms with Crippen LogP contribution in [0.5, 0.6) is 0 Å². The summed E-state index contributed by atoms with van der Waals surface area (Å²) in [5.41, 5.74) is 0.750. The Morgan fingerprint density at radius 3 is 2.32 bits per heavy atom. The Labute approximate surface area is 163 Å². The molecule has 1 N–H and O–H groups in total. The van der Waals surface area contributed by atoms with Crippen molar-refractivity contribution < 1.29 is 14.7 Å². The van der Waals surface area contributed by atoms with Gasteiger partial charge in [0.05, 0.1) is 6.10 Å². The third kappa shape index (κ3) is 2.70. The van der Waals surface area contributed by atoms with E-state index < -0.39 is 6.04 Å². The Bertz CT molecular complexity index is 867. The molecule has 28 heavy (non-hydrogen) atoms. The van der Waals surface area contributed by atoms with E-state index in [2.05, 4.69) is 0 Å². The predicted molar refractivity (Wildman–Crippen MR) is 102 cm³/mol. The van der Waals surface area contributed by atoms with Crippen molar-refractivity contribution in [2.24, 2.45) is 17.8 Å². The van der Waals surface area contributed by atoms with Gasteiger partial charge in [-0.3, -0.25) is 19.0 Å². The van der Waals surface area contributed by atoms with E-state index in [1.54, 1.807) is 17.6 Å². The molecule has 1 aliphatic carbocycles. The molecule has 4 aliphatic rings. The highest BCUT2D eigenvalue weighted by Crippen LogP contribution is 2.44. The zero-order valence-electron chi connectivity index (χ0n) is 16.2. The first-order chi connectivity index (χ1) is 13.4. The lowest BCUT2D eigenvalue weighted by atomic mass is 9.78. The van der Waals surface area contributed by atoms with Crippen molar-refractivity contribution in [2.45, 2.75) is 44.2 Å². The van der Waals surface area contributed by atoms with Crippen molar-refractivity contribution in [3.63, 3.8) is 0 Å². The van der Waals surface area contributed by atoms with Gasteiger partial charge in [0.25, 0.3) is 5.56 Å². The summed E-state index contributed by atoms with van der Waals surface area (Å²) in [6, 6.07) is 4.68. The zero-order chi connectivity index (χ0) is 19.6. The third-order valence-corrected chi connectivity index (χ3v) is 7.38. The van der Waals surface area contributed by atoms with Crippen LogP contribution in [0.25, 0.3) is 0 Å². The highest BCUT2D eigenvalue weighted by Gasteiger charge is 2.48. The lowest BCUT2D eigenvalue weighted by Gasteiger charge is -2.46. The van der Waals surface area contributed by atoms with Crippen LogP contribution in [0, 0.1) is 17.8 Å². The molecule has 6 atom stereocenters. The number of hydrogen-bond acceptors (Lipinski definition) is 4. The fourth-order valence-corrected chi connectivity index (χ4v) is 6.14. The van der Waals surface area contributed by atoms with Crippen LogP contribution in [0.1, 0.15) is 43.8 Å². The minimum absolute atomic E-state index is 0.00675. The summed E-state index contributed by atoms with van der Waals surface area (Å²) in [4.78, 5) is 42.1. The fraction of sp³-hybridized carbons (Fsp3) is 0.667. The summed E-state index contributed by atoms with van der Waals surface area (Å²) in [5.74, 6) is 0.830. The monoisotopic (exact) mass is 385 g/mol. The standard InChI is InChI=1S/C21H27N3O4/c1-12(25)22-10-15-5-16(11-22)20(24-18(15)3-2-4-19(24)27)21(28)23-8-13-6-17(26)7-14(13)9-23/h2-4,13-17,20,26H,5-11H2,1H3/t13-,14+,15-,16+,17?,20-/m1/s1. The van der Waals surface area contributed by atoms with E-state index in [1.807, 2.05) is 15.9 Å². The molecule has 1 aromatic heterocycles. The van der Waals surface area contributed by atoms with Crippen molar-refractivity contribution in [3.05, 3.63) is 34.2 Å². The Morgan fingerprint density at radius 2 is 1.64 bits per heavy atom. The lowest BCUT2D eigenvalue weighted by Crippen LogP contribution is -2.54. The van der Waals surface area contributed by atoms with E-state index in [0.717, 1.165) is 25.0 Å². The second-order valence-electron chi connectivity index (χ2n) is 9.11. The van der Waals surface area contributed by atoms with Crippen molar-refractivity contribution in [1.29, 1.82) is 0 Å². The molecule has 2 amide bonds. The maximum absolute atomic E-state index is 13.6. The quantitative estimate of drug-likeness (QED) is 0.767. The van der Waals surface area contributed by atoms with Gasteiger partial charge in [0.1, 0.15) is 6.04 Å². The molecule has 2 saturated heterocycles. The number of aliphatic hydroxyl groups is 1. The lowest BCUT2D eigenvalue weighted by molar-refractivity contribution is -0.141. The van der Waals surface area contributed by atoms with Crippen molar-refractivity contribution in [1.82, 2.24) is 14.4 Å². The molecule has 7 heteroatoms. The van der Waals surface area contributed by atoms with Gasteiger partial charge < -0.3 is 14.9 Å². The van der Waals surface area contributed by atoms with Gasteiger partial charge in [0.15, 0.2) is 0 Å². The number of amides is 2. The van der Waals surface area contributed by atoms with Crippen LogP contribution in [-0.2, 0) is 9.59 Å². The van der Waals surface area contributed by atoms with Crippen molar-refractivity contribution in [3.8, 4) is 0 Å². The van der Waals surface area contributed by atoms with Crippen LogP contribution in [0.2, 0.25) is 0 Å². The van der Waals surface area contributed by atoms with E-state index in [-0.39, 0.29) is 35.3 Å². The second kappa shape index (κ2) is 6.44. The van der Waals surface area contributed by atoms with Gasteiger partial charge >= 0.3 is 0 Å². The van der Waals surface area contributed by atoms with Crippen LogP contribution in [0.3, 0.4) is 0 Å². The molecule has 1 aromatic rings. The Kier molecular flexibility index (Phi) is 4.12. The molecule has 0 radical (unpaired) electrons. The molecular weight excluding hydrogens is 358 g/mol. The number of likely N-dealkylation sites (tertiary alicyclic amines) is 2. The van der Waals surface area contributed by atoms with Crippen LogP contribution in [0.4, 0.5) is 0 Å². The number of rotatable bonds is 1. The normalized spacial score (nSPS) is 36.2. The van der Waals surface area contributed by atoms with Gasteiger partial charge in [-0.2, -0.15) is 0 Å². The van der Waals surface area contributed by atoms with E-state index in [0.29, 0.717) is 38.0 Å². The Hall–Kier alpha value is -2.15. The van der Waals surface area contributed by atoms with Gasteiger partial charge in [0, 0.05) is 56.7 Å². The Morgan fingerprint density at radius 1 is 0.964 bits per heavy atom. The first-order valence-electron chi connectivity index (χ1n) is 10.4. The number of piperidine rings is 1. The number of aliphatic hydroxyl groups excluding tert-OH is 1. The number of hydrogen-bond donors (Lipinski definition) is 1. The number of fused-ring (bicyclic) bond motifs is 5. The molecule has 7 nitrogen and oxygen atoms in total. The first kappa shape index (κ1) is 17.9. The molecule has 0 aromatic carbocycles. The van der Waals surface area contributed by atoms with Crippen molar-refractivity contribution in [2.75, 3.05) is 26.2 Å². The van der Waals surface area contributed by atoms with Crippen LogP contribution >= 0.6 is 0 Å². The maximum atomic E-state index is 13.6. The third-order valence-electron chi connectivity index (χ3n) is 7.38. The smallest absolute Gasteiger partial charge is 0.251 e. The molecule has 150 valence electrons. The summed E-state index contributed by atoms with van der Waals surface area (Å²) < 4.78 is 1.71. The average molecular weight is 385 g/mol. The first-order valence-corrected chi connectivity index (χ1v) is 10.4. The molecule has 4 heterocycles. The highest BCUT2D eigenvalue weighted by atomic mass is 16.3. The van der Waals surface area contributed by atoms with Crippen molar-refractivity contribution >= 4 is 11.8 Å². The molecule has 2 bridgehead atoms. The highest BCUT2D eigenvalue weighted by molar-refractivity contribution is 5.82.